The Hall–Kier alpha value is -7.16. The zero-order valence-electron chi connectivity index (χ0n) is 31.8. The first kappa shape index (κ1) is 32.1. The fraction of sp³-hybridized carbons (Fsp3) is 0.0545. The first-order valence-corrected chi connectivity index (χ1v) is 19.8. The van der Waals surface area contributed by atoms with Gasteiger partial charge in [-0.15, -0.1) is 0 Å². The molecule has 1 aromatic heterocycles. The summed E-state index contributed by atoms with van der Waals surface area (Å²) in [5, 5.41) is 12.3. The van der Waals surface area contributed by atoms with Crippen LogP contribution in [0.5, 0.6) is 0 Å². The van der Waals surface area contributed by atoms with Gasteiger partial charge in [-0.3, -0.25) is 0 Å². The van der Waals surface area contributed by atoms with Gasteiger partial charge in [0.2, 0.25) is 0 Å². The van der Waals surface area contributed by atoms with Crippen LogP contribution in [0.2, 0.25) is 0 Å². The Morgan fingerprint density at radius 2 is 1.02 bits per heavy atom. The summed E-state index contributed by atoms with van der Waals surface area (Å²) in [7, 11) is 0. The molecule has 1 aliphatic rings. The first-order chi connectivity index (χ1) is 28.0. The zero-order valence-corrected chi connectivity index (χ0v) is 31.8. The summed E-state index contributed by atoms with van der Waals surface area (Å²) in [6.45, 7) is 4.71. The molecule has 2 nitrogen and oxygen atoms in total. The Labute approximate surface area is 330 Å². The van der Waals surface area contributed by atoms with Gasteiger partial charge in [-0.05, 0) is 132 Å². The molecule has 0 atom stereocenters. The predicted molar refractivity (Wildman–Crippen MR) is 241 cm³/mol. The lowest BCUT2D eigenvalue weighted by Gasteiger charge is -2.28. The molecule has 0 fully saturated rings. The van der Waals surface area contributed by atoms with Crippen molar-refractivity contribution in [2.75, 3.05) is 4.90 Å². The number of hydrogen-bond donors (Lipinski definition) is 0. The van der Waals surface area contributed by atoms with E-state index in [2.05, 4.69) is 201 Å². The van der Waals surface area contributed by atoms with Crippen molar-refractivity contribution < 1.29 is 4.42 Å². The van der Waals surface area contributed by atoms with E-state index in [1.807, 2.05) is 6.07 Å². The summed E-state index contributed by atoms with van der Waals surface area (Å²) in [5.41, 5.74) is 12.9. The fourth-order valence-corrected chi connectivity index (χ4v) is 9.86. The van der Waals surface area contributed by atoms with E-state index in [9.17, 15) is 0 Å². The molecule has 10 aromatic carbocycles. The van der Waals surface area contributed by atoms with Gasteiger partial charge in [0.25, 0.3) is 0 Å². The standard InChI is InChI=1S/C55H37NO/c1-55(2)49-20-9-7-17-43(49)44-27-25-40(33-50(44)55)56(39-24-22-34-12-3-4-13-35(34)30-39)38-15-11-14-36(31-38)37-23-26-42-41-16-5-6-18-45(41)53-46(48(42)32-37)28-29-52-54(53)47-19-8-10-21-51(47)57-52/h3-33H,1-2H3. The van der Waals surface area contributed by atoms with E-state index in [4.69, 9.17) is 4.42 Å². The fourth-order valence-electron chi connectivity index (χ4n) is 9.86. The summed E-state index contributed by atoms with van der Waals surface area (Å²) in [4.78, 5) is 2.43. The number of anilines is 3. The number of benzene rings is 10. The monoisotopic (exact) mass is 727 g/mol. The number of fused-ring (bicyclic) bond motifs is 14. The number of nitrogens with zero attached hydrogens (tertiary/aromatic N) is 1. The molecule has 11 aromatic rings. The van der Waals surface area contributed by atoms with Crippen molar-refractivity contribution >= 4 is 82.1 Å². The van der Waals surface area contributed by atoms with Crippen molar-refractivity contribution in [3.8, 4) is 22.3 Å². The minimum Gasteiger partial charge on any atom is -0.456 e. The van der Waals surface area contributed by atoms with Crippen LogP contribution in [0.4, 0.5) is 17.1 Å². The summed E-state index contributed by atoms with van der Waals surface area (Å²) in [6, 6.07) is 69.1. The van der Waals surface area contributed by atoms with Crippen molar-refractivity contribution in [1.82, 2.24) is 0 Å². The van der Waals surface area contributed by atoms with Crippen LogP contribution < -0.4 is 4.90 Å². The highest BCUT2D eigenvalue weighted by atomic mass is 16.3. The van der Waals surface area contributed by atoms with Gasteiger partial charge in [-0.1, -0.05) is 141 Å². The van der Waals surface area contributed by atoms with Crippen LogP contribution in [0.15, 0.2) is 192 Å². The molecule has 0 aliphatic heterocycles. The van der Waals surface area contributed by atoms with E-state index in [1.54, 1.807) is 0 Å². The highest BCUT2D eigenvalue weighted by molar-refractivity contribution is 6.34. The van der Waals surface area contributed by atoms with Gasteiger partial charge in [0.15, 0.2) is 0 Å². The smallest absolute Gasteiger partial charge is 0.136 e. The van der Waals surface area contributed by atoms with Crippen LogP contribution in [-0.4, -0.2) is 0 Å². The van der Waals surface area contributed by atoms with Crippen LogP contribution in [0.3, 0.4) is 0 Å². The second-order valence-electron chi connectivity index (χ2n) is 16.1. The van der Waals surface area contributed by atoms with E-state index in [0.717, 1.165) is 33.6 Å². The first-order valence-electron chi connectivity index (χ1n) is 19.8. The van der Waals surface area contributed by atoms with Gasteiger partial charge < -0.3 is 9.32 Å². The maximum absolute atomic E-state index is 6.39. The van der Waals surface area contributed by atoms with Crippen LogP contribution in [0, 0.1) is 0 Å². The van der Waals surface area contributed by atoms with Gasteiger partial charge >= 0.3 is 0 Å². The van der Waals surface area contributed by atoms with Gasteiger partial charge in [0, 0.05) is 38.6 Å². The molecular weight excluding hydrogens is 691 g/mol. The molecule has 0 radical (unpaired) electrons. The van der Waals surface area contributed by atoms with Crippen LogP contribution >= 0.6 is 0 Å². The van der Waals surface area contributed by atoms with E-state index in [1.165, 1.54) is 81.9 Å². The Morgan fingerprint density at radius 1 is 0.368 bits per heavy atom. The van der Waals surface area contributed by atoms with E-state index >= 15 is 0 Å². The molecule has 1 aliphatic carbocycles. The van der Waals surface area contributed by atoms with Gasteiger partial charge in [0.05, 0.1) is 0 Å². The number of furan rings is 1. The van der Waals surface area contributed by atoms with Crippen molar-refractivity contribution in [2.45, 2.75) is 19.3 Å². The quantitative estimate of drug-likeness (QED) is 0.168. The molecule has 0 N–H and O–H groups in total. The van der Waals surface area contributed by atoms with Gasteiger partial charge in [0.1, 0.15) is 11.2 Å². The zero-order chi connectivity index (χ0) is 37.8. The number of para-hydroxylation sites is 1. The van der Waals surface area contributed by atoms with Crippen LogP contribution in [-0.2, 0) is 5.41 Å². The molecule has 0 spiro atoms. The van der Waals surface area contributed by atoms with E-state index < -0.39 is 0 Å². The summed E-state index contributed by atoms with van der Waals surface area (Å²) in [5.74, 6) is 0. The Balaban J connectivity index is 1.06. The molecule has 268 valence electrons. The van der Waals surface area contributed by atoms with Crippen LogP contribution in [0.25, 0.3) is 87.3 Å². The second-order valence-corrected chi connectivity index (χ2v) is 16.1. The number of rotatable bonds is 4. The molecule has 1 heterocycles. The van der Waals surface area contributed by atoms with Crippen molar-refractivity contribution in [2.24, 2.45) is 0 Å². The van der Waals surface area contributed by atoms with Crippen molar-refractivity contribution in [1.29, 1.82) is 0 Å². The third-order valence-corrected chi connectivity index (χ3v) is 12.6. The molecule has 0 saturated carbocycles. The maximum Gasteiger partial charge on any atom is 0.136 e. The molecule has 0 saturated heterocycles. The van der Waals surface area contributed by atoms with Crippen molar-refractivity contribution in [3.63, 3.8) is 0 Å². The second kappa shape index (κ2) is 11.9. The molecule has 2 heteroatoms. The van der Waals surface area contributed by atoms with Crippen LogP contribution in [0.1, 0.15) is 25.0 Å². The third kappa shape index (κ3) is 4.71. The summed E-state index contributed by atoms with van der Waals surface area (Å²) >= 11 is 0. The summed E-state index contributed by atoms with van der Waals surface area (Å²) in [6.07, 6.45) is 0. The Morgan fingerprint density at radius 3 is 1.93 bits per heavy atom. The average Bonchev–Trinajstić information content (AvgIpc) is 3.75. The molecule has 0 unspecified atom stereocenters. The van der Waals surface area contributed by atoms with Crippen molar-refractivity contribution in [3.05, 3.63) is 199 Å². The molecule has 12 rings (SSSR count). The highest BCUT2D eigenvalue weighted by Gasteiger charge is 2.35. The summed E-state index contributed by atoms with van der Waals surface area (Å²) < 4.78 is 6.39. The lowest BCUT2D eigenvalue weighted by Crippen LogP contribution is -2.16. The average molecular weight is 728 g/mol. The minimum absolute atomic E-state index is 0.106. The Kier molecular flexibility index (Phi) is 6.72. The lowest BCUT2D eigenvalue weighted by atomic mass is 9.82. The minimum atomic E-state index is -0.106. The van der Waals surface area contributed by atoms with Gasteiger partial charge in [-0.25, -0.2) is 0 Å². The largest absolute Gasteiger partial charge is 0.456 e. The Bertz CT molecular complexity index is 3460. The third-order valence-electron chi connectivity index (χ3n) is 12.6. The highest BCUT2D eigenvalue weighted by Crippen LogP contribution is 2.51. The molecule has 57 heavy (non-hydrogen) atoms. The lowest BCUT2D eigenvalue weighted by molar-refractivity contribution is 0.660. The maximum atomic E-state index is 6.39. The van der Waals surface area contributed by atoms with E-state index in [-0.39, 0.29) is 5.41 Å². The predicted octanol–water partition coefficient (Wildman–Crippen LogP) is 15.6. The SMILES string of the molecule is CC1(C)c2ccccc2-c2ccc(N(c3cccc(-c4ccc5c6ccccc6c6c(ccc7oc8ccccc8c76)c5c4)c3)c3ccc4ccccc4c3)cc21. The molecular formula is C55H37NO. The van der Waals surface area contributed by atoms with E-state index in [0.29, 0.717) is 0 Å². The number of hydrogen-bond acceptors (Lipinski definition) is 2. The molecule has 0 amide bonds. The van der Waals surface area contributed by atoms with Gasteiger partial charge in [-0.2, -0.15) is 0 Å². The topological polar surface area (TPSA) is 16.4 Å². The normalized spacial score (nSPS) is 13.2. The molecule has 0 bridgehead atoms.